The fourth-order valence-electron chi connectivity index (χ4n) is 0.961. The van der Waals surface area contributed by atoms with Crippen LogP contribution < -0.4 is 0 Å². The third-order valence-corrected chi connectivity index (χ3v) is 1.71. The van der Waals surface area contributed by atoms with Gasteiger partial charge in [-0.05, 0) is 25.7 Å². The van der Waals surface area contributed by atoms with Gasteiger partial charge in [-0.2, -0.15) is 0 Å². The Labute approximate surface area is 75.3 Å². The van der Waals surface area contributed by atoms with Gasteiger partial charge in [0.15, 0.2) is 0 Å². The van der Waals surface area contributed by atoms with Gasteiger partial charge in [-0.25, -0.2) is 0 Å². The molecule has 0 spiro atoms. The maximum Gasteiger partial charge on any atom is 0.209 e. The molecule has 0 aliphatic carbocycles. The normalized spacial score (nSPS) is 10.5. The summed E-state index contributed by atoms with van der Waals surface area (Å²) in [4.78, 5) is 11.9. The summed E-state index contributed by atoms with van der Waals surface area (Å²) in [6, 6.07) is 0. The Morgan fingerprint density at radius 3 is 2.58 bits per heavy atom. The second kappa shape index (κ2) is 8.31. The number of nitrogens with zero attached hydrogens (tertiary/aromatic N) is 1. The summed E-state index contributed by atoms with van der Waals surface area (Å²) < 4.78 is 0. The van der Waals surface area contributed by atoms with Crippen LogP contribution in [-0.2, 0) is 4.79 Å². The van der Waals surface area contributed by atoms with Crippen molar-refractivity contribution in [3.63, 3.8) is 0 Å². The molecule has 0 fully saturated rings. The summed E-state index contributed by atoms with van der Waals surface area (Å²) in [7, 11) is 1.81. The molecule has 1 amide bonds. The highest BCUT2D eigenvalue weighted by molar-refractivity contribution is 5.46. The zero-order chi connectivity index (χ0) is 9.23. The number of carbonyl (C=O) groups is 1. The highest BCUT2D eigenvalue weighted by atomic mass is 16.1. The minimum Gasteiger partial charge on any atom is -0.348 e. The minimum atomic E-state index is 0.877. The molecule has 0 bridgehead atoms. The van der Waals surface area contributed by atoms with Crippen molar-refractivity contribution in [1.82, 2.24) is 4.90 Å². The average Bonchev–Trinajstić information content (AvgIpc) is 2.10. The van der Waals surface area contributed by atoms with Crippen molar-refractivity contribution in [3.05, 3.63) is 12.2 Å². The first-order valence-electron chi connectivity index (χ1n) is 4.61. The van der Waals surface area contributed by atoms with Crippen LogP contribution in [0.2, 0.25) is 0 Å². The minimum absolute atomic E-state index is 0.877. The van der Waals surface area contributed by atoms with Crippen molar-refractivity contribution in [2.75, 3.05) is 13.6 Å². The van der Waals surface area contributed by atoms with Crippen molar-refractivity contribution in [1.29, 1.82) is 0 Å². The molecule has 0 saturated carbocycles. The van der Waals surface area contributed by atoms with Gasteiger partial charge in [0.2, 0.25) is 6.41 Å². The van der Waals surface area contributed by atoms with Gasteiger partial charge in [0.25, 0.3) is 0 Å². The van der Waals surface area contributed by atoms with Crippen molar-refractivity contribution in [3.8, 4) is 0 Å². The van der Waals surface area contributed by atoms with E-state index in [1.165, 1.54) is 6.42 Å². The van der Waals surface area contributed by atoms with Gasteiger partial charge in [0.05, 0.1) is 0 Å². The highest BCUT2D eigenvalue weighted by Gasteiger charge is 1.91. The van der Waals surface area contributed by atoms with Crippen LogP contribution in [0.1, 0.15) is 32.6 Å². The second-order valence-corrected chi connectivity index (χ2v) is 2.96. The maximum absolute atomic E-state index is 10.2. The molecule has 12 heavy (non-hydrogen) atoms. The predicted molar refractivity (Wildman–Crippen MR) is 52.0 cm³/mol. The molecule has 0 radical (unpaired) electrons. The van der Waals surface area contributed by atoms with Crippen LogP contribution in [-0.4, -0.2) is 24.9 Å². The average molecular weight is 169 g/mol. The molecule has 0 rings (SSSR count). The molecule has 0 saturated heterocycles. The van der Waals surface area contributed by atoms with Crippen LogP contribution >= 0.6 is 0 Å². The van der Waals surface area contributed by atoms with E-state index in [0.717, 1.165) is 32.2 Å². The van der Waals surface area contributed by atoms with Crippen LogP contribution in [0.5, 0.6) is 0 Å². The highest BCUT2D eigenvalue weighted by Crippen LogP contribution is 1.98. The Kier molecular flexibility index (Phi) is 7.76. The van der Waals surface area contributed by atoms with Gasteiger partial charge in [0.1, 0.15) is 0 Å². The summed E-state index contributed by atoms with van der Waals surface area (Å²) in [5.74, 6) is 0. The van der Waals surface area contributed by atoms with Gasteiger partial charge in [-0.3, -0.25) is 4.79 Å². The molecule has 0 aromatic carbocycles. The van der Waals surface area contributed by atoms with Crippen molar-refractivity contribution >= 4 is 6.41 Å². The Hall–Kier alpha value is -0.790. The maximum atomic E-state index is 10.2. The van der Waals surface area contributed by atoms with Crippen LogP contribution in [0, 0.1) is 0 Å². The summed E-state index contributed by atoms with van der Waals surface area (Å²) in [6.07, 6.45) is 9.80. The van der Waals surface area contributed by atoms with Crippen LogP contribution in [0.4, 0.5) is 0 Å². The topological polar surface area (TPSA) is 20.3 Å². The third-order valence-electron chi connectivity index (χ3n) is 1.71. The molecule has 0 unspecified atom stereocenters. The Bertz CT molecular complexity index is 132. The SMILES string of the molecule is CCC=CCCCCN(C)C=O. The number of carbonyl (C=O) groups excluding carboxylic acids is 1. The van der Waals surface area contributed by atoms with E-state index in [4.69, 9.17) is 0 Å². The van der Waals surface area contributed by atoms with E-state index in [0.29, 0.717) is 0 Å². The molecular weight excluding hydrogens is 150 g/mol. The zero-order valence-corrected chi connectivity index (χ0v) is 8.12. The largest absolute Gasteiger partial charge is 0.348 e. The quantitative estimate of drug-likeness (QED) is 0.325. The fourth-order valence-corrected chi connectivity index (χ4v) is 0.961. The Morgan fingerprint density at radius 1 is 1.25 bits per heavy atom. The summed E-state index contributed by atoms with van der Waals surface area (Å²) >= 11 is 0. The predicted octanol–water partition coefficient (Wildman–Crippen LogP) is 2.21. The van der Waals surface area contributed by atoms with Gasteiger partial charge in [-0.15, -0.1) is 0 Å². The number of hydrogen-bond donors (Lipinski definition) is 0. The first-order valence-corrected chi connectivity index (χ1v) is 4.61. The fraction of sp³-hybridized carbons (Fsp3) is 0.700. The molecule has 0 aliphatic heterocycles. The Balaban J connectivity index is 3.10. The van der Waals surface area contributed by atoms with E-state index < -0.39 is 0 Å². The number of hydrogen-bond acceptors (Lipinski definition) is 1. The van der Waals surface area contributed by atoms with E-state index >= 15 is 0 Å². The van der Waals surface area contributed by atoms with E-state index in [2.05, 4.69) is 19.1 Å². The Morgan fingerprint density at radius 2 is 2.00 bits per heavy atom. The second-order valence-electron chi connectivity index (χ2n) is 2.96. The van der Waals surface area contributed by atoms with Gasteiger partial charge >= 0.3 is 0 Å². The molecule has 0 heterocycles. The number of amides is 1. The van der Waals surface area contributed by atoms with E-state index in [9.17, 15) is 4.79 Å². The van der Waals surface area contributed by atoms with Crippen LogP contribution in [0.3, 0.4) is 0 Å². The molecule has 0 aromatic rings. The van der Waals surface area contributed by atoms with Crippen molar-refractivity contribution in [2.45, 2.75) is 32.6 Å². The molecular formula is C10H19NO. The molecule has 2 heteroatoms. The third kappa shape index (κ3) is 7.32. The number of allylic oxidation sites excluding steroid dienone is 2. The lowest BCUT2D eigenvalue weighted by molar-refractivity contribution is -0.117. The smallest absolute Gasteiger partial charge is 0.209 e. The van der Waals surface area contributed by atoms with Crippen molar-refractivity contribution < 1.29 is 4.79 Å². The number of rotatable bonds is 7. The standard InChI is InChI=1S/C10H19NO/c1-3-4-5-6-7-8-9-11(2)10-12/h4-5,10H,3,6-9H2,1-2H3. The van der Waals surface area contributed by atoms with Crippen LogP contribution in [0.25, 0.3) is 0 Å². The lowest BCUT2D eigenvalue weighted by Crippen LogP contribution is -2.16. The van der Waals surface area contributed by atoms with Crippen molar-refractivity contribution in [2.24, 2.45) is 0 Å². The molecule has 0 atom stereocenters. The summed E-state index contributed by atoms with van der Waals surface area (Å²) in [5.41, 5.74) is 0. The summed E-state index contributed by atoms with van der Waals surface area (Å²) in [5, 5.41) is 0. The molecule has 70 valence electrons. The van der Waals surface area contributed by atoms with E-state index in [-0.39, 0.29) is 0 Å². The van der Waals surface area contributed by atoms with Gasteiger partial charge < -0.3 is 4.90 Å². The molecule has 0 aromatic heterocycles. The number of unbranched alkanes of at least 4 members (excludes halogenated alkanes) is 2. The van der Waals surface area contributed by atoms with Gasteiger partial charge in [0, 0.05) is 13.6 Å². The lowest BCUT2D eigenvalue weighted by Gasteiger charge is -2.08. The molecule has 2 nitrogen and oxygen atoms in total. The summed E-state index contributed by atoms with van der Waals surface area (Å²) in [6.45, 7) is 3.01. The van der Waals surface area contributed by atoms with E-state index in [1.54, 1.807) is 4.90 Å². The lowest BCUT2D eigenvalue weighted by atomic mass is 10.2. The van der Waals surface area contributed by atoms with Gasteiger partial charge in [-0.1, -0.05) is 19.1 Å². The first kappa shape index (κ1) is 11.2. The zero-order valence-electron chi connectivity index (χ0n) is 8.12. The molecule has 0 aliphatic rings. The monoisotopic (exact) mass is 169 g/mol. The van der Waals surface area contributed by atoms with Crippen LogP contribution in [0.15, 0.2) is 12.2 Å². The first-order chi connectivity index (χ1) is 5.81. The van der Waals surface area contributed by atoms with E-state index in [1.807, 2.05) is 7.05 Å². The molecule has 0 N–H and O–H groups in total.